The Kier molecular flexibility index (Phi) is 7.28. The summed E-state index contributed by atoms with van der Waals surface area (Å²) in [4.78, 5) is 19.1. The molecule has 0 spiro atoms. The first kappa shape index (κ1) is 18.4. The van der Waals surface area contributed by atoms with E-state index in [1.165, 1.54) is 70.0 Å². The Morgan fingerprint density at radius 1 is 1.08 bits per heavy atom. The molecule has 0 radical (unpaired) electrons. The van der Waals surface area contributed by atoms with E-state index in [0.29, 0.717) is 5.69 Å². The van der Waals surface area contributed by atoms with Gasteiger partial charge in [-0.15, -0.1) is 0 Å². The molecule has 25 heavy (non-hydrogen) atoms. The molecule has 1 aromatic rings. The number of aromatic nitrogens is 1. The number of nitrogens with one attached hydrogen (secondary N) is 1. The maximum atomic E-state index is 12.2. The van der Waals surface area contributed by atoms with Crippen molar-refractivity contribution in [3.05, 3.63) is 29.6 Å². The SMILES string of the molecule is O=C(NCCCN1CCCCC1)c1ccc(CC2CCCCC2)cn1. The molecule has 1 aliphatic heterocycles. The van der Waals surface area contributed by atoms with E-state index in [-0.39, 0.29) is 5.91 Å². The smallest absolute Gasteiger partial charge is 0.269 e. The van der Waals surface area contributed by atoms with E-state index in [0.717, 1.165) is 31.8 Å². The number of nitrogens with zero attached hydrogens (tertiary/aromatic N) is 2. The molecule has 138 valence electrons. The van der Waals surface area contributed by atoms with Crippen molar-refractivity contribution in [2.45, 2.75) is 64.2 Å². The van der Waals surface area contributed by atoms with E-state index in [1.54, 1.807) is 0 Å². The third-order valence-corrected chi connectivity index (χ3v) is 5.69. The van der Waals surface area contributed by atoms with Crippen LogP contribution in [-0.2, 0) is 6.42 Å². The highest BCUT2D eigenvalue weighted by Gasteiger charge is 2.15. The first-order valence-electron chi connectivity index (χ1n) is 10.3. The summed E-state index contributed by atoms with van der Waals surface area (Å²) in [6.07, 6.45) is 14.9. The summed E-state index contributed by atoms with van der Waals surface area (Å²) in [6.45, 7) is 4.27. The van der Waals surface area contributed by atoms with Gasteiger partial charge in [0, 0.05) is 12.7 Å². The van der Waals surface area contributed by atoms with Crippen molar-refractivity contribution in [3.63, 3.8) is 0 Å². The fourth-order valence-electron chi connectivity index (χ4n) is 4.18. The van der Waals surface area contributed by atoms with Crippen molar-refractivity contribution in [3.8, 4) is 0 Å². The second-order valence-electron chi connectivity index (χ2n) is 7.77. The number of rotatable bonds is 7. The largest absolute Gasteiger partial charge is 0.351 e. The topological polar surface area (TPSA) is 45.2 Å². The van der Waals surface area contributed by atoms with Crippen molar-refractivity contribution in [1.29, 1.82) is 0 Å². The molecule has 2 fully saturated rings. The number of likely N-dealkylation sites (tertiary alicyclic amines) is 1. The van der Waals surface area contributed by atoms with Crippen LogP contribution in [0.2, 0.25) is 0 Å². The monoisotopic (exact) mass is 343 g/mol. The molecular formula is C21H33N3O. The van der Waals surface area contributed by atoms with Crippen molar-refractivity contribution in [2.24, 2.45) is 5.92 Å². The molecule has 4 nitrogen and oxygen atoms in total. The lowest BCUT2D eigenvalue weighted by molar-refractivity contribution is 0.0946. The summed E-state index contributed by atoms with van der Waals surface area (Å²) in [5.74, 6) is 0.771. The van der Waals surface area contributed by atoms with Gasteiger partial charge in [0.1, 0.15) is 5.69 Å². The average molecular weight is 344 g/mol. The number of amides is 1. The lowest BCUT2D eigenvalue weighted by atomic mass is 9.85. The molecule has 2 heterocycles. The summed E-state index contributed by atoms with van der Waals surface area (Å²) < 4.78 is 0. The maximum Gasteiger partial charge on any atom is 0.269 e. The zero-order chi connectivity index (χ0) is 17.3. The first-order valence-corrected chi connectivity index (χ1v) is 10.3. The minimum atomic E-state index is -0.0390. The highest BCUT2D eigenvalue weighted by atomic mass is 16.1. The fraction of sp³-hybridized carbons (Fsp3) is 0.714. The Morgan fingerprint density at radius 2 is 1.84 bits per heavy atom. The lowest BCUT2D eigenvalue weighted by Gasteiger charge is -2.26. The van der Waals surface area contributed by atoms with Gasteiger partial charge in [0.25, 0.3) is 5.91 Å². The molecule has 1 saturated carbocycles. The van der Waals surface area contributed by atoms with Gasteiger partial charge >= 0.3 is 0 Å². The lowest BCUT2D eigenvalue weighted by Crippen LogP contribution is -2.33. The Balaban J connectivity index is 1.36. The molecule has 1 aromatic heterocycles. The molecule has 3 rings (SSSR count). The molecular weight excluding hydrogens is 310 g/mol. The molecule has 2 aliphatic rings. The number of piperidine rings is 1. The molecule has 1 amide bonds. The highest BCUT2D eigenvalue weighted by Crippen LogP contribution is 2.26. The van der Waals surface area contributed by atoms with Crippen molar-refractivity contribution in [2.75, 3.05) is 26.2 Å². The van der Waals surface area contributed by atoms with Crippen LogP contribution in [0.3, 0.4) is 0 Å². The standard InChI is InChI=1S/C21H33N3O/c25-21(22-12-7-15-24-13-5-2-6-14-24)20-11-10-19(17-23-20)16-18-8-3-1-4-9-18/h10-11,17-18H,1-9,12-16H2,(H,22,25). The van der Waals surface area contributed by atoms with E-state index in [4.69, 9.17) is 0 Å². The number of hydrogen-bond acceptors (Lipinski definition) is 3. The van der Waals surface area contributed by atoms with E-state index in [1.807, 2.05) is 12.3 Å². The number of carbonyl (C=O) groups is 1. The summed E-state index contributed by atoms with van der Waals surface area (Å²) in [7, 11) is 0. The third-order valence-electron chi connectivity index (χ3n) is 5.69. The number of pyridine rings is 1. The van der Waals surface area contributed by atoms with Crippen LogP contribution >= 0.6 is 0 Å². The van der Waals surface area contributed by atoms with Crippen LogP contribution in [0.4, 0.5) is 0 Å². The van der Waals surface area contributed by atoms with Gasteiger partial charge in [-0.1, -0.05) is 44.6 Å². The number of carbonyl (C=O) groups excluding carboxylic acids is 1. The van der Waals surface area contributed by atoms with Gasteiger partial charge in [-0.25, -0.2) is 0 Å². The Morgan fingerprint density at radius 3 is 2.56 bits per heavy atom. The van der Waals surface area contributed by atoms with Crippen LogP contribution in [0.15, 0.2) is 18.3 Å². The minimum Gasteiger partial charge on any atom is -0.351 e. The van der Waals surface area contributed by atoms with Gasteiger partial charge in [-0.05, 0) is 62.9 Å². The molecule has 0 unspecified atom stereocenters. The maximum absolute atomic E-state index is 12.2. The van der Waals surface area contributed by atoms with Crippen LogP contribution in [0.5, 0.6) is 0 Å². The second-order valence-corrected chi connectivity index (χ2v) is 7.77. The highest BCUT2D eigenvalue weighted by molar-refractivity contribution is 5.92. The molecule has 1 N–H and O–H groups in total. The Labute approximate surface area is 152 Å². The van der Waals surface area contributed by atoms with Crippen LogP contribution < -0.4 is 5.32 Å². The van der Waals surface area contributed by atoms with Gasteiger partial charge in [-0.3, -0.25) is 9.78 Å². The molecule has 0 atom stereocenters. The van der Waals surface area contributed by atoms with E-state index in [2.05, 4.69) is 21.3 Å². The Bertz CT molecular complexity index is 516. The molecule has 0 bridgehead atoms. The van der Waals surface area contributed by atoms with Crippen LogP contribution in [0, 0.1) is 5.92 Å². The van der Waals surface area contributed by atoms with Gasteiger partial charge < -0.3 is 10.2 Å². The van der Waals surface area contributed by atoms with Crippen LogP contribution in [-0.4, -0.2) is 42.0 Å². The zero-order valence-electron chi connectivity index (χ0n) is 15.5. The van der Waals surface area contributed by atoms with Crippen LogP contribution in [0.1, 0.15) is 73.8 Å². The predicted molar refractivity (Wildman–Crippen MR) is 102 cm³/mol. The summed E-state index contributed by atoms with van der Waals surface area (Å²) in [5.41, 5.74) is 1.82. The van der Waals surface area contributed by atoms with E-state index < -0.39 is 0 Å². The molecule has 4 heteroatoms. The average Bonchev–Trinajstić information content (AvgIpc) is 2.67. The fourth-order valence-corrected chi connectivity index (χ4v) is 4.18. The summed E-state index contributed by atoms with van der Waals surface area (Å²) in [6, 6.07) is 3.97. The molecule has 0 aromatic carbocycles. The quantitative estimate of drug-likeness (QED) is 0.766. The zero-order valence-corrected chi connectivity index (χ0v) is 15.5. The van der Waals surface area contributed by atoms with E-state index >= 15 is 0 Å². The molecule has 1 saturated heterocycles. The number of hydrogen-bond donors (Lipinski definition) is 1. The van der Waals surface area contributed by atoms with Gasteiger partial charge in [0.2, 0.25) is 0 Å². The summed E-state index contributed by atoms with van der Waals surface area (Å²) >= 11 is 0. The summed E-state index contributed by atoms with van der Waals surface area (Å²) in [5, 5.41) is 3.01. The predicted octanol–water partition coefficient (Wildman–Crippen LogP) is 3.81. The van der Waals surface area contributed by atoms with Gasteiger partial charge in [-0.2, -0.15) is 0 Å². The third kappa shape index (κ3) is 6.10. The van der Waals surface area contributed by atoms with E-state index in [9.17, 15) is 4.79 Å². The minimum absolute atomic E-state index is 0.0390. The normalized spacial score (nSPS) is 19.7. The van der Waals surface area contributed by atoms with Crippen molar-refractivity contribution < 1.29 is 4.79 Å². The second kappa shape index (κ2) is 9.91. The van der Waals surface area contributed by atoms with Gasteiger partial charge in [0.15, 0.2) is 0 Å². The first-order chi connectivity index (χ1) is 12.3. The van der Waals surface area contributed by atoms with Crippen molar-refractivity contribution >= 4 is 5.91 Å². The molecule has 1 aliphatic carbocycles. The Hall–Kier alpha value is -1.42. The van der Waals surface area contributed by atoms with Gasteiger partial charge in [0.05, 0.1) is 0 Å². The van der Waals surface area contributed by atoms with Crippen molar-refractivity contribution in [1.82, 2.24) is 15.2 Å². The van der Waals surface area contributed by atoms with Crippen LogP contribution in [0.25, 0.3) is 0 Å².